The van der Waals surface area contributed by atoms with Gasteiger partial charge in [0.15, 0.2) is 5.82 Å². The third kappa shape index (κ3) is 2.31. The maximum Gasteiger partial charge on any atom is 0.251 e. The molecule has 2 heterocycles. The van der Waals surface area contributed by atoms with Gasteiger partial charge in [-0.05, 0) is 18.6 Å². The lowest BCUT2D eigenvalue weighted by Gasteiger charge is -2.05. The molecule has 1 amide bonds. The first-order chi connectivity index (χ1) is 8.08. The van der Waals surface area contributed by atoms with E-state index < -0.39 is 12.0 Å². The first-order valence-electron chi connectivity index (χ1n) is 5.07. The summed E-state index contributed by atoms with van der Waals surface area (Å²) in [6.45, 7) is 1.66. The van der Waals surface area contributed by atoms with Crippen molar-refractivity contribution in [3.05, 3.63) is 41.9 Å². The number of amides is 1. The molecule has 1 atom stereocenters. The van der Waals surface area contributed by atoms with Gasteiger partial charge in [-0.3, -0.25) is 4.79 Å². The van der Waals surface area contributed by atoms with E-state index in [4.69, 9.17) is 5.73 Å². The van der Waals surface area contributed by atoms with E-state index in [-0.39, 0.29) is 0 Å². The molecule has 0 unspecified atom stereocenters. The molecular weight excluding hydrogens is 220 g/mol. The smallest absolute Gasteiger partial charge is 0.251 e. The topological polar surface area (TPSA) is 94.0 Å². The second kappa shape index (κ2) is 4.34. The zero-order valence-electron chi connectivity index (χ0n) is 9.24. The average Bonchev–Trinajstić information content (AvgIpc) is 2.78. The molecule has 2 aromatic heterocycles. The van der Waals surface area contributed by atoms with Crippen molar-refractivity contribution in [2.45, 2.75) is 13.0 Å². The van der Waals surface area contributed by atoms with Crippen molar-refractivity contribution in [3.63, 3.8) is 0 Å². The van der Waals surface area contributed by atoms with E-state index >= 15 is 0 Å². The molecule has 2 rings (SSSR count). The summed E-state index contributed by atoms with van der Waals surface area (Å²) in [5, 5.41) is 13.3. The van der Waals surface area contributed by atoms with Crippen LogP contribution < -0.4 is 5.73 Å². The highest BCUT2D eigenvalue weighted by molar-refractivity contribution is 5.92. The van der Waals surface area contributed by atoms with Crippen LogP contribution in [0.25, 0.3) is 5.82 Å². The van der Waals surface area contributed by atoms with Crippen molar-refractivity contribution in [2.24, 2.45) is 5.73 Å². The summed E-state index contributed by atoms with van der Waals surface area (Å²) < 4.78 is 1.45. The number of nitrogens with two attached hydrogens (primary N) is 1. The van der Waals surface area contributed by atoms with E-state index in [1.807, 2.05) is 0 Å². The molecule has 0 aliphatic heterocycles. The first kappa shape index (κ1) is 11.3. The van der Waals surface area contributed by atoms with Crippen molar-refractivity contribution in [1.29, 1.82) is 0 Å². The van der Waals surface area contributed by atoms with Gasteiger partial charge in [-0.25, -0.2) is 9.67 Å². The summed E-state index contributed by atoms with van der Waals surface area (Å²) in [5.74, 6) is 0.0266. The fourth-order valence-electron chi connectivity index (χ4n) is 1.36. The lowest BCUT2D eigenvalue weighted by molar-refractivity contribution is 0.100. The Morgan fingerprint density at radius 2 is 2.24 bits per heavy atom. The number of primary amides is 1. The standard InChI is InChI=1S/C11H12N4O2/c1-7(16)8-2-3-10(13-4-8)15-6-9(5-14-15)11(12)17/h2-7,16H,1H3,(H2,12,17)/t7-/m1/s1. The summed E-state index contributed by atoms with van der Waals surface area (Å²) in [6, 6.07) is 3.46. The van der Waals surface area contributed by atoms with Gasteiger partial charge < -0.3 is 10.8 Å². The van der Waals surface area contributed by atoms with Crippen molar-refractivity contribution in [3.8, 4) is 5.82 Å². The molecule has 6 nitrogen and oxygen atoms in total. The van der Waals surface area contributed by atoms with E-state index in [9.17, 15) is 9.90 Å². The average molecular weight is 232 g/mol. The molecule has 3 N–H and O–H groups in total. The Morgan fingerprint density at radius 1 is 1.47 bits per heavy atom. The number of aromatic nitrogens is 3. The van der Waals surface area contributed by atoms with Crippen LogP contribution in [-0.4, -0.2) is 25.8 Å². The number of pyridine rings is 1. The molecule has 0 aliphatic carbocycles. The zero-order valence-corrected chi connectivity index (χ0v) is 9.24. The van der Waals surface area contributed by atoms with Gasteiger partial charge in [0, 0.05) is 12.4 Å². The van der Waals surface area contributed by atoms with Crippen molar-refractivity contribution >= 4 is 5.91 Å². The van der Waals surface area contributed by atoms with Crippen LogP contribution in [0.1, 0.15) is 28.9 Å². The Hall–Kier alpha value is -2.21. The van der Waals surface area contributed by atoms with Gasteiger partial charge >= 0.3 is 0 Å². The molecule has 0 radical (unpaired) electrons. The van der Waals surface area contributed by atoms with Gasteiger partial charge in [0.1, 0.15) is 0 Å². The summed E-state index contributed by atoms with van der Waals surface area (Å²) in [7, 11) is 0. The molecular formula is C11H12N4O2. The van der Waals surface area contributed by atoms with E-state index in [0.29, 0.717) is 11.4 Å². The summed E-state index contributed by atoms with van der Waals surface area (Å²) >= 11 is 0. The minimum atomic E-state index is -0.560. The fraction of sp³-hybridized carbons (Fsp3) is 0.182. The van der Waals surface area contributed by atoms with Crippen LogP contribution in [0.2, 0.25) is 0 Å². The highest BCUT2D eigenvalue weighted by Crippen LogP contribution is 2.12. The maximum atomic E-state index is 10.9. The minimum absolute atomic E-state index is 0.325. The monoisotopic (exact) mass is 232 g/mol. The molecule has 0 saturated carbocycles. The lowest BCUT2D eigenvalue weighted by atomic mass is 10.2. The number of nitrogens with zero attached hydrogens (tertiary/aromatic N) is 3. The SMILES string of the molecule is C[C@@H](O)c1ccc(-n2cc(C(N)=O)cn2)nc1. The van der Waals surface area contributed by atoms with Crippen LogP contribution >= 0.6 is 0 Å². The van der Waals surface area contributed by atoms with Gasteiger partial charge in [0.25, 0.3) is 5.91 Å². The molecule has 17 heavy (non-hydrogen) atoms. The summed E-state index contributed by atoms with van der Waals surface area (Å²) in [6.07, 6.45) is 3.89. The Balaban J connectivity index is 2.30. The second-order valence-electron chi connectivity index (χ2n) is 3.66. The van der Waals surface area contributed by atoms with Crippen molar-refractivity contribution in [2.75, 3.05) is 0 Å². The Morgan fingerprint density at radius 3 is 2.71 bits per heavy atom. The Labute approximate surface area is 97.7 Å². The lowest BCUT2D eigenvalue weighted by Crippen LogP contribution is -2.09. The third-order valence-electron chi connectivity index (χ3n) is 2.35. The van der Waals surface area contributed by atoms with Gasteiger partial charge in [-0.15, -0.1) is 0 Å². The molecule has 0 aromatic carbocycles. The van der Waals surface area contributed by atoms with E-state index in [0.717, 1.165) is 5.56 Å². The van der Waals surface area contributed by atoms with Crippen molar-refractivity contribution < 1.29 is 9.90 Å². The highest BCUT2D eigenvalue weighted by atomic mass is 16.3. The molecule has 88 valence electrons. The molecule has 0 aliphatic rings. The predicted octanol–water partition coefficient (Wildman–Crippen LogP) is 0.420. The van der Waals surface area contributed by atoms with Gasteiger partial charge in [0.2, 0.25) is 0 Å². The van der Waals surface area contributed by atoms with Gasteiger partial charge in [-0.2, -0.15) is 5.10 Å². The van der Waals surface area contributed by atoms with Crippen molar-refractivity contribution in [1.82, 2.24) is 14.8 Å². The Kier molecular flexibility index (Phi) is 2.88. The van der Waals surface area contributed by atoms with E-state index in [2.05, 4.69) is 10.1 Å². The zero-order chi connectivity index (χ0) is 12.4. The van der Waals surface area contributed by atoms with Crippen LogP contribution in [0.3, 0.4) is 0 Å². The molecule has 0 bridgehead atoms. The summed E-state index contributed by atoms with van der Waals surface area (Å²) in [5.41, 5.74) is 6.17. The minimum Gasteiger partial charge on any atom is -0.389 e. The maximum absolute atomic E-state index is 10.9. The van der Waals surface area contributed by atoms with Gasteiger partial charge in [-0.1, -0.05) is 6.07 Å². The number of aliphatic hydroxyl groups excluding tert-OH is 1. The number of hydrogen-bond acceptors (Lipinski definition) is 4. The van der Waals surface area contributed by atoms with Crippen LogP contribution in [0.15, 0.2) is 30.7 Å². The molecule has 2 aromatic rings. The van der Waals surface area contributed by atoms with Crippen LogP contribution in [0.5, 0.6) is 0 Å². The third-order valence-corrected chi connectivity index (χ3v) is 2.35. The predicted molar refractivity (Wildman–Crippen MR) is 60.5 cm³/mol. The van der Waals surface area contributed by atoms with Crippen LogP contribution in [-0.2, 0) is 0 Å². The fourth-order valence-corrected chi connectivity index (χ4v) is 1.36. The van der Waals surface area contributed by atoms with E-state index in [1.54, 1.807) is 25.3 Å². The quantitative estimate of drug-likeness (QED) is 0.801. The van der Waals surface area contributed by atoms with Gasteiger partial charge in [0.05, 0.1) is 17.9 Å². The highest BCUT2D eigenvalue weighted by Gasteiger charge is 2.07. The number of hydrogen-bond donors (Lipinski definition) is 2. The van der Waals surface area contributed by atoms with E-state index in [1.165, 1.54) is 17.1 Å². The number of carbonyl (C=O) groups is 1. The second-order valence-corrected chi connectivity index (χ2v) is 3.66. The molecule has 6 heteroatoms. The normalized spacial score (nSPS) is 12.4. The molecule has 0 spiro atoms. The molecule has 0 saturated heterocycles. The molecule has 0 fully saturated rings. The number of aliphatic hydroxyl groups is 1. The number of carbonyl (C=O) groups excluding carboxylic acids is 1. The largest absolute Gasteiger partial charge is 0.389 e. The number of rotatable bonds is 3. The summed E-state index contributed by atoms with van der Waals surface area (Å²) in [4.78, 5) is 15.0. The van der Waals surface area contributed by atoms with Crippen LogP contribution in [0, 0.1) is 0 Å². The van der Waals surface area contributed by atoms with Crippen LogP contribution in [0.4, 0.5) is 0 Å². The first-order valence-corrected chi connectivity index (χ1v) is 5.07. The Bertz CT molecular complexity index is 531.